The third-order valence-corrected chi connectivity index (χ3v) is 162. The smallest absolute Gasteiger partial charge is 0.492 e. The molecule has 0 aliphatic heterocycles. The number of thiophene rings is 8. The Balaban J connectivity index is 0.000000298. The van der Waals surface area contributed by atoms with Gasteiger partial charge in [0.1, 0.15) is 33.8 Å². The van der Waals surface area contributed by atoms with Gasteiger partial charge in [-0.1, -0.05) is 182 Å². The number of carbonyl (C=O) groups excluding carboxylic acids is 4. The van der Waals surface area contributed by atoms with Crippen molar-refractivity contribution in [3.8, 4) is 52.3 Å². The Morgan fingerprint density at radius 1 is 0.267 bits per heavy atom. The molecule has 0 radical (unpaired) electrons. The molecule has 0 spiro atoms. The first-order valence-electron chi connectivity index (χ1n) is 52.0. The molecular weight excluding hydrogens is 2740 g/mol. The third kappa shape index (κ3) is 46.6. The SMILES string of the molecule is CCCCCCCCCCCCOc1c[c]([Sn]([CH3])([CH3])[CH3])sc1-c1s[c]([Sn]([CH3])([CH3])[CH3])cc1OCCCCCCCCCCCC.CCCCCCCCCCCCOc1cc(C)sc1-c1sc(-c2ccc(C(=O)c3c(F)c(F)c(C(=O)c4ccc(C)s4)c(F)c3F)s2)cc1OCCCCCCCCCCCC.O=C(c1ccc(Br)s1)c1c(F)c(F)c(C(=O)c2ccc(Br)s2)c(F)c1F.PP(P)P(P(P)P)P(P(P)P)P(P(P)P)P(P)P. The molecule has 10 unspecified atom stereocenters. The summed E-state index contributed by atoms with van der Waals surface area (Å²) < 4.78 is 149. The Kier molecular flexibility index (Phi) is 70.7. The summed E-state index contributed by atoms with van der Waals surface area (Å²) in [6.07, 6.45) is 51.7. The van der Waals surface area contributed by atoms with E-state index in [2.05, 4.69) is 197 Å². The molecule has 150 heavy (non-hydrogen) atoms. The van der Waals surface area contributed by atoms with E-state index in [1.165, 1.54) is 269 Å². The molecule has 0 saturated carbocycles. The summed E-state index contributed by atoms with van der Waals surface area (Å²) in [6.45, 7) is 16.3. The van der Waals surface area contributed by atoms with Gasteiger partial charge in [-0.2, -0.15) is 0 Å². The normalized spacial score (nSPS) is 11.9. The standard InChI is InChI=1S/C50H62F4O4S4.C32H52O2S2.C16H4Br2F4O2S2.6CH3.H20P18.2Sn/c1-5-7-9-11-13-15-17-19-21-23-29-57-35-31-34(4)60-49(35)50-36(58-30-24-22-20-18-16-14-12-10-8-6-2)32-40(62-50)37-27-28-39(61-37)48(56)42-45(53)43(51)41(44(52)46(42)54)47(55)38-26-25-33(3)59-38;1-3-5-7-9-11-13-15-17-19-21-25-33-29-23-27-35-31(29)32-30(24-28-36-32)34-26-22-20-18-16-14-12-10-8-6-4-2;17-7-3-1-5(25-7)15(23)9-11(19)13(21)10(14(22)12(9)20)16(24)6-2-4-8(18)26-6;;;;;;;1-11(2)16(12(3)4)18(15(9)10)17(13(5)6)14(7)8;;/h25-28,31-32H,5-24,29-30H2,1-4H3;23-24H,3-22,25-26H2,1-2H3;1-4H;6*1H3;1-10H2;;. The van der Waals surface area contributed by atoms with Crippen LogP contribution in [-0.4, -0.2) is 86.3 Å². The van der Waals surface area contributed by atoms with Gasteiger partial charge in [-0.15, -0.1) is 157 Å². The van der Waals surface area contributed by atoms with Crippen LogP contribution in [0.1, 0.15) is 355 Å². The minimum atomic E-state index is -2.24. The fraction of sp³-hybridized carbons (Fsp3) is 0.538. The van der Waals surface area contributed by atoms with E-state index in [0.29, 0.717) is 36.3 Å². The van der Waals surface area contributed by atoms with Crippen LogP contribution in [-0.2, 0) is 0 Å². The van der Waals surface area contributed by atoms with Gasteiger partial charge < -0.3 is 9.47 Å². The van der Waals surface area contributed by atoms with Crippen molar-refractivity contribution >= 4 is 333 Å². The van der Waals surface area contributed by atoms with E-state index in [9.17, 15) is 36.7 Å². The number of halogens is 10. The second-order valence-corrected chi connectivity index (χ2v) is 152. The molecule has 8 heterocycles. The van der Waals surface area contributed by atoms with Gasteiger partial charge in [0.25, 0.3) is 0 Å². The number of aryl methyl sites for hydroxylation is 2. The number of unbranched alkanes of at least 4 members (excludes halogenated alkanes) is 36. The van der Waals surface area contributed by atoms with Gasteiger partial charge in [-0.3, -0.25) is 19.2 Å². The van der Waals surface area contributed by atoms with E-state index < -0.39 is 129 Å². The zero-order valence-corrected chi connectivity index (χ0v) is 123. The van der Waals surface area contributed by atoms with Crippen LogP contribution in [0.4, 0.5) is 35.1 Å². The number of ketones is 4. The quantitative estimate of drug-likeness (QED) is 0.00927. The minimum absolute atomic E-state index is 0.0415. The van der Waals surface area contributed by atoms with Gasteiger partial charge in [0.05, 0.1) is 50.0 Å². The molecule has 0 aliphatic rings. The summed E-state index contributed by atoms with van der Waals surface area (Å²) in [4.78, 5) is 73.5. The zero-order chi connectivity index (χ0) is 110. The van der Waals surface area contributed by atoms with E-state index in [0.717, 1.165) is 140 Å². The first-order chi connectivity index (χ1) is 71.4. The summed E-state index contributed by atoms with van der Waals surface area (Å²) in [5.41, 5.74) is -5.49. The topological polar surface area (TPSA) is 105 Å². The van der Waals surface area contributed by atoms with Gasteiger partial charge >= 0.3 is 241 Å². The molecule has 8 aromatic heterocycles. The summed E-state index contributed by atoms with van der Waals surface area (Å²) >= 11 is 12.4. The van der Waals surface area contributed by atoms with Gasteiger partial charge in [0.15, 0.2) is 46.5 Å². The number of ether oxygens (including phenoxy) is 4. The van der Waals surface area contributed by atoms with Crippen molar-refractivity contribution in [2.75, 3.05) is 26.4 Å². The van der Waals surface area contributed by atoms with Gasteiger partial charge in [0.2, 0.25) is 23.1 Å². The molecule has 0 aliphatic carbocycles. The van der Waals surface area contributed by atoms with Crippen molar-refractivity contribution in [2.24, 2.45) is 0 Å². The molecule has 0 bridgehead atoms. The molecule has 0 fully saturated rings. The number of hydrogen-bond donors (Lipinski definition) is 0. The molecule has 0 amide bonds. The van der Waals surface area contributed by atoms with Crippen LogP contribution < -0.4 is 24.7 Å². The van der Waals surface area contributed by atoms with Gasteiger partial charge in [0, 0.05) is 25.6 Å². The van der Waals surface area contributed by atoms with Crippen LogP contribution in [0.3, 0.4) is 0 Å². The van der Waals surface area contributed by atoms with Crippen molar-refractivity contribution in [3.05, 3.63) is 178 Å². The predicted molar refractivity (Wildman–Crippen MR) is 710 cm³/mol. The molecule has 8 nitrogen and oxygen atoms in total. The van der Waals surface area contributed by atoms with Crippen molar-refractivity contribution in [2.45, 2.75) is 328 Å². The van der Waals surface area contributed by atoms with E-state index >= 15 is 17.6 Å². The van der Waals surface area contributed by atoms with E-state index in [4.69, 9.17) is 18.9 Å². The molecule has 10 aromatic rings. The summed E-state index contributed by atoms with van der Waals surface area (Å²) in [6, 6.07) is 20.2. The van der Waals surface area contributed by atoms with Crippen molar-refractivity contribution < 1.29 is 73.2 Å². The van der Waals surface area contributed by atoms with Crippen LogP contribution in [0.25, 0.3) is 29.3 Å². The molecule has 10 atom stereocenters. The van der Waals surface area contributed by atoms with E-state index in [1.807, 2.05) is 35.7 Å². The van der Waals surface area contributed by atoms with E-state index in [-0.39, 0.29) is 75.4 Å². The molecule has 0 N–H and O–H groups in total. The second kappa shape index (κ2) is 75.5. The van der Waals surface area contributed by atoms with Crippen molar-refractivity contribution in [3.63, 3.8) is 0 Å². The second-order valence-electron chi connectivity index (χ2n) is 38.9. The molecular formula is C104H156Br2F8O8P18S8Sn2. The predicted octanol–water partition coefficient (Wildman–Crippen LogP) is 47.2. The van der Waals surface area contributed by atoms with Crippen LogP contribution in [0.15, 0.2) is 80.4 Å². The maximum absolute atomic E-state index is 15.5. The fourth-order valence-electron chi connectivity index (χ4n) is 16.1. The summed E-state index contributed by atoms with van der Waals surface area (Å²) in [5.74, 6) is -16.3. The third-order valence-electron chi connectivity index (χ3n) is 24.2. The Morgan fingerprint density at radius 3 is 0.753 bits per heavy atom. The van der Waals surface area contributed by atoms with Crippen LogP contribution in [0.5, 0.6) is 23.0 Å². The Morgan fingerprint density at radius 2 is 0.500 bits per heavy atom. The van der Waals surface area contributed by atoms with E-state index in [1.54, 1.807) is 36.2 Å². The first kappa shape index (κ1) is 140. The molecule has 836 valence electrons. The summed E-state index contributed by atoms with van der Waals surface area (Å²) in [5, 5.41) is 0. The molecule has 2 aromatic carbocycles. The Hall–Kier alpha value is 3.66. The summed E-state index contributed by atoms with van der Waals surface area (Å²) in [7, 11) is 31.2. The van der Waals surface area contributed by atoms with Crippen LogP contribution >= 0.6 is 268 Å². The average molecular weight is 2900 g/mol. The Bertz CT molecular complexity index is 5500. The van der Waals surface area contributed by atoms with Gasteiger partial charge in [-0.25, -0.2) is 35.1 Å². The van der Waals surface area contributed by atoms with Crippen LogP contribution in [0.2, 0.25) is 29.6 Å². The number of hydrogen-bond acceptors (Lipinski definition) is 16. The average Bonchev–Trinajstić information content (AvgIpc) is 1.76. The molecule has 0 saturated heterocycles. The van der Waals surface area contributed by atoms with Gasteiger partial charge in [-0.05, 0) is 169 Å². The number of carbonyl (C=O) groups is 4. The minimum Gasteiger partial charge on any atom is -0.492 e. The van der Waals surface area contributed by atoms with Crippen LogP contribution in [0, 0.1) is 60.4 Å². The number of benzene rings is 2. The first-order valence-corrected chi connectivity index (χ1v) is 112. The maximum atomic E-state index is 15.5. The van der Waals surface area contributed by atoms with Crippen molar-refractivity contribution in [1.82, 2.24) is 0 Å². The monoisotopic (exact) mass is 2900 g/mol. The number of rotatable bonds is 68. The Labute approximate surface area is 980 Å². The molecule has 10 rings (SSSR count). The molecule has 46 heteroatoms. The zero-order valence-electron chi connectivity index (χ0n) is 88.7. The fourth-order valence-corrected chi connectivity index (χ4v) is 245. The van der Waals surface area contributed by atoms with Crippen molar-refractivity contribution in [1.29, 1.82) is 0 Å².